The molecule has 0 aliphatic carbocycles. The normalized spacial score (nSPS) is 13.4. The van der Waals surface area contributed by atoms with E-state index in [0.717, 1.165) is 18.2 Å². The van der Waals surface area contributed by atoms with Crippen LogP contribution in [0, 0.1) is 0 Å². The van der Waals surface area contributed by atoms with Gasteiger partial charge in [0.05, 0.1) is 10.0 Å². The molecule has 0 saturated heterocycles. The molecule has 0 heterocycles. The van der Waals surface area contributed by atoms with Gasteiger partial charge >= 0.3 is 18.0 Å². The van der Waals surface area contributed by atoms with Crippen LogP contribution in [0.1, 0.15) is 5.56 Å². The van der Waals surface area contributed by atoms with Crippen LogP contribution < -0.4 is 0 Å². The first-order valence-electron chi connectivity index (χ1n) is 5.13. The molecule has 1 rings (SSSR count). The SMILES string of the molecule is O=C(Cc1ccc(Cl)c(Cl)c1)C(O)(C(F)(F)F)C(F)(F)F. The third-order valence-corrected chi connectivity index (χ3v) is 3.31. The summed E-state index contributed by atoms with van der Waals surface area (Å²) in [5, 5.41) is 8.74. The number of Topliss-reactive ketones (excluding diaryl/α,β-unsaturated/α-hetero) is 1. The van der Waals surface area contributed by atoms with Crippen LogP contribution in [0.2, 0.25) is 10.0 Å². The van der Waals surface area contributed by atoms with Crippen LogP contribution in [-0.4, -0.2) is 28.8 Å². The summed E-state index contributed by atoms with van der Waals surface area (Å²) in [5.41, 5.74) is -5.69. The molecule has 21 heavy (non-hydrogen) atoms. The van der Waals surface area contributed by atoms with Crippen LogP contribution >= 0.6 is 23.2 Å². The highest BCUT2D eigenvalue weighted by atomic mass is 35.5. The number of rotatable bonds is 3. The topological polar surface area (TPSA) is 37.3 Å². The van der Waals surface area contributed by atoms with Gasteiger partial charge in [0.1, 0.15) is 0 Å². The Morgan fingerprint density at radius 2 is 1.48 bits per heavy atom. The van der Waals surface area contributed by atoms with Gasteiger partial charge in [0.2, 0.25) is 0 Å². The van der Waals surface area contributed by atoms with Gasteiger partial charge in [-0.15, -0.1) is 0 Å². The minimum absolute atomic E-state index is 0.00905. The zero-order valence-electron chi connectivity index (χ0n) is 9.82. The molecule has 1 aromatic rings. The predicted molar refractivity (Wildman–Crippen MR) is 62.2 cm³/mol. The first kappa shape index (κ1) is 18.1. The monoisotopic (exact) mass is 354 g/mol. The average molecular weight is 355 g/mol. The number of carbonyl (C=O) groups excluding carboxylic acids is 1. The maximum absolute atomic E-state index is 12.5. The van der Waals surface area contributed by atoms with Crippen molar-refractivity contribution < 1.29 is 36.2 Å². The van der Waals surface area contributed by atoms with Crippen molar-refractivity contribution in [2.24, 2.45) is 0 Å². The third kappa shape index (κ3) is 3.44. The maximum atomic E-state index is 12.5. The van der Waals surface area contributed by atoms with Gasteiger partial charge < -0.3 is 5.11 Å². The number of carbonyl (C=O) groups is 1. The van der Waals surface area contributed by atoms with Gasteiger partial charge in [-0.3, -0.25) is 4.79 Å². The van der Waals surface area contributed by atoms with Gasteiger partial charge in [-0.1, -0.05) is 29.3 Å². The van der Waals surface area contributed by atoms with Crippen LogP contribution in [0.25, 0.3) is 0 Å². The second-order valence-electron chi connectivity index (χ2n) is 4.05. The molecule has 10 heteroatoms. The molecule has 0 amide bonds. The van der Waals surface area contributed by atoms with E-state index < -0.39 is 30.2 Å². The third-order valence-electron chi connectivity index (χ3n) is 2.57. The summed E-state index contributed by atoms with van der Waals surface area (Å²) >= 11 is 11.1. The molecule has 0 aromatic heterocycles. The fourth-order valence-electron chi connectivity index (χ4n) is 1.44. The molecule has 1 N–H and O–H groups in total. The Morgan fingerprint density at radius 3 is 1.86 bits per heavy atom. The van der Waals surface area contributed by atoms with Crippen molar-refractivity contribution in [2.45, 2.75) is 24.4 Å². The lowest BCUT2D eigenvalue weighted by Gasteiger charge is -2.30. The van der Waals surface area contributed by atoms with Crippen LogP contribution in [0.3, 0.4) is 0 Å². The van der Waals surface area contributed by atoms with Crippen molar-refractivity contribution in [3.05, 3.63) is 33.8 Å². The van der Waals surface area contributed by atoms with E-state index in [0.29, 0.717) is 0 Å². The number of alkyl halides is 6. The number of hydrogen-bond donors (Lipinski definition) is 1. The molecule has 0 fully saturated rings. The Labute approximate surface area is 124 Å². The molecule has 0 unspecified atom stereocenters. The quantitative estimate of drug-likeness (QED) is 0.834. The lowest BCUT2D eigenvalue weighted by Crippen LogP contribution is -2.62. The van der Waals surface area contributed by atoms with E-state index in [1.165, 1.54) is 0 Å². The van der Waals surface area contributed by atoms with Crippen molar-refractivity contribution in [1.82, 2.24) is 0 Å². The summed E-state index contributed by atoms with van der Waals surface area (Å²) in [4.78, 5) is 11.4. The van der Waals surface area contributed by atoms with Crippen molar-refractivity contribution in [1.29, 1.82) is 0 Å². The van der Waals surface area contributed by atoms with Gasteiger partial charge in [-0.2, -0.15) is 26.3 Å². The number of ketones is 1. The van der Waals surface area contributed by atoms with Gasteiger partial charge in [-0.05, 0) is 17.7 Å². The molecular weight excluding hydrogens is 349 g/mol. The number of benzene rings is 1. The Morgan fingerprint density at radius 1 is 1.00 bits per heavy atom. The Hall–Kier alpha value is -0.990. The van der Waals surface area contributed by atoms with Crippen molar-refractivity contribution in [2.75, 3.05) is 0 Å². The lowest BCUT2D eigenvalue weighted by molar-refractivity contribution is -0.349. The summed E-state index contributed by atoms with van der Waals surface area (Å²) in [6, 6.07) is 3.07. The van der Waals surface area contributed by atoms with Gasteiger partial charge in [0, 0.05) is 6.42 Å². The molecular formula is C11H6Cl2F6O2. The highest BCUT2D eigenvalue weighted by Crippen LogP contribution is 2.44. The van der Waals surface area contributed by atoms with Crippen LogP contribution in [0.4, 0.5) is 26.3 Å². The van der Waals surface area contributed by atoms with Gasteiger partial charge in [-0.25, -0.2) is 0 Å². The Balaban J connectivity index is 3.17. The van der Waals surface area contributed by atoms with Crippen molar-refractivity contribution in [3.8, 4) is 0 Å². The van der Waals surface area contributed by atoms with Crippen LogP contribution in [0.15, 0.2) is 18.2 Å². The number of halogens is 8. The van der Waals surface area contributed by atoms with E-state index in [-0.39, 0.29) is 15.6 Å². The van der Waals surface area contributed by atoms with Gasteiger partial charge in [0.25, 0.3) is 0 Å². The van der Waals surface area contributed by atoms with Crippen LogP contribution in [0.5, 0.6) is 0 Å². The minimum Gasteiger partial charge on any atom is -0.367 e. The molecule has 0 radical (unpaired) electrons. The fourth-order valence-corrected chi connectivity index (χ4v) is 1.76. The fraction of sp³-hybridized carbons (Fsp3) is 0.364. The molecule has 0 saturated carbocycles. The highest BCUT2D eigenvalue weighted by Gasteiger charge is 2.74. The molecule has 1 aromatic carbocycles. The lowest BCUT2D eigenvalue weighted by atomic mass is 9.92. The summed E-state index contributed by atoms with van der Waals surface area (Å²) in [6.45, 7) is 0. The molecule has 0 atom stereocenters. The van der Waals surface area contributed by atoms with E-state index in [9.17, 15) is 31.1 Å². The zero-order valence-corrected chi connectivity index (χ0v) is 11.3. The van der Waals surface area contributed by atoms with E-state index in [2.05, 4.69) is 0 Å². The molecule has 0 spiro atoms. The molecule has 0 bridgehead atoms. The summed E-state index contributed by atoms with van der Waals surface area (Å²) < 4.78 is 74.8. The molecule has 118 valence electrons. The van der Waals surface area contributed by atoms with E-state index >= 15 is 0 Å². The van der Waals surface area contributed by atoms with Gasteiger partial charge in [0.15, 0.2) is 5.78 Å². The molecule has 0 aliphatic heterocycles. The number of aliphatic hydroxyl groups is 1. The second kappa shape index (κ2) is 5.66. The van der Waals surface area contributed by atoms with Crippen molar-refractivity contribution >= 4 is 29.0 Å². The predicted octanol–water partition coefficient (Wildman–Crippen LogP) is 3.96. The summed E-state index contributed by atoms with van der Waals surface area (Å²) in [5.74, 6) is -2.46. The number of hydrogen-bond acceptors (Lipinski definition) is 2. The van der Waals surface area contributed by atoms with Crippen LogP contribution in [-0.2, 0) is 11.2 Å². The molecule has 2 nitrogen and oxygen atoms in total. The zero-order chi connectivity index (χ0) is 16.6. The second-order valence-corrected chi connectivity index (χ2v) is 4.87. The molecule has 0 aliphatic rings. The maximum Gasteiger partial charge on any atom is 0.433 e. The highest BCUT2D eigenvalue weighted by molar-refractivity contribution is 6.42. The minimum atomic E-state index is -6.20. The van der Waals surface area contributed by atoms with E-state index in [4.69, 9.17) is 28.3 Å². The summed E-state index contributed by atoms with van der Waals surface area (Å²) in [6.07, 6.45) is -13.7. The van der Waals surface area contributed by atoms with E-state index in [1.54, 1.807) is 0 Å². The standard InChI is InChI=1S/C11H6Cl2F6O2/c12-6-2-1-5(3-7(6)13)4-8(20)9(21,10(14,15)16)11(17,18)19/h1-3,21H,4H2. The first-order chi connectivity index (χ1) is 9.30. The largest absolute Gasteiger partial charge is 0.433 e. The van der Waals surface area contributed by atoms with E-state index in [1.807, 2.05) is 0 Å². The summed E-state index contributed by atoms with van der Waals surface area (Å²) in [7, 11) is 0. The first-order valence-corrected chi connectivity index (χ1v) is 5.89. The smallest absolute Gasteiger partial charge is 0.367 e. The Bertz CT molecular complexity index is 539. The average Bonchev–Trinajstić information content (AvgIpc) is 2.29. The Kier molecular flexibility index (Phi) is 4.87. The van der Waals surface area contributed by atoms with Crippen molar-refractivity contribution in [3.63, 3.8) is 0 Å².